The number of aliphatic carboxylic acids is 3. The number of carboxylic acids is 3. The molecule has 0 fully saturated rings. The maximum Gasteiger partial charge on any atom is 0.303 e. The summed E-state index contributed by atoms with van der Waals surface area (Å²) in [7, 11) is 0. The molecule has 0 saturated heterocycles. The molecule has 0 aromatic rings. The zero-order valence-electron chi connectivity index (χ0n) is 28.3. The van der Waals surface area contributed by atoms with Gasteiger partial charge in [-0.1, -0.05) is 175 Å². The van der Waals surface area contributed by atoms with Crippen molar-refractivity contribution < 1.29 is 29.7 Å². The molecule has 0 saturated carbocycles. The first-order chi connectivity index (χ1) is 20.3. The number of carbonyl (C=O) groups is 3. The van der Waals surface area contributed by atoms with Gasteiger partial charge in [-0.25, -0.2) is 0 Å². The van der Waals surface area contributed by atoms with E-state index >= 15 is 0 Å². The van der Waals surface area contributed by atoms with Crippen LogP contribution >= 0.6 is 0 Å². The molecule has 6 nitrogen and oxygen atoms in total. The van der Waals surface area contributed by atoms with Gasteiger partial charge < -0.3 is 15.3 Å². The minimum Gasteiger partial charge on any atom is -0.481 e. The van der Waals surface area contributed by atoms with Crippen molar-refractivity contribution in [1.29, 1.82) is 0 Å². The molecule has 0 aliphatic heterocycles. The van der Waals surface area contributed by atoms with Crippen molar-refractivity contribution in [3.63, 3.8) is 0 Å². The highest BCUT2D eigenvalue weighted by Crippen LogP contribution is 2.12. The van der Waals surface area contributed by atoms with Crippen LogP contribution in [0.5, 0.6) is 0 Å². The first-order valence-corrected chi connectivity index (χ1v) is 18.0. The van der Waals surface area contributed by atoms with Gasteiger partial charge in [0.2, 0.25) is 0 Å². The highest BCUT2D eigenvalue weighted by Gasteiger charge is 1.98. The highest BCUT2D eigenvalue weighted by molar-refractivity contribution is 5.67. The molecule has 252 valence electrons. The molecule has 0 unspecified atom stereocenters. The van der Waals surface area contributed by atoms with Crippen LogP contribution in [0.1, 0.15) is 213 Å². The van der Waals surface area contributed by atoms with Crippen molar-refractivity contribution in [2.75, 3.05) is 0 Å². The van der Waals surface area contributed by atoms with Crippen molar-refractivity contribution in [2.45, 2.75) is 213 Å². The molecule has 3 N–H and O–H groups in total. The fourth-order valence-electron chi connectivity index (χ4n) is 4.76. The van der Waals surface area contributed by atoms with E-state index in [1.165, 1.54) is 135 Å². The predicted molar refractivity (Wildman–Crippen MR) is 178 cm³/mol. The lowest BCUT2D eigenvalue weighted by Gasteiger charge is -2.00. The lowest BCUT2D eigenvalue weighted by Crippen LogP contribution is -1.93. The van der Waals surface area contributed by atoms with E-state index in [0.717, 1.165) is 38.5 Å². The normalized spacial score (nSPS) is 10.4. The molecule has 0 aliphatic carbocycles. The molecule has 0 aromatic heterocycles. The summed E-state index contributed by atoms with van der Waals surface area (Å²) in [6, 6.07) is 0. The summed E-state index contributed by atoms with van der Waals surface area (Å²) in [5.41, 5.74) is 0. The van der Waals surface area contributed by atoms with Crippen LogP contribution in [-0.2, 0) is 14.4 Å². The molecule has 0 rings (SSSR count). The SMILES string of the molecule is CCCCCCCCCCCC(=O)O.CCCCCCCCCCCC(=O)O.CCCCCCCCCCCC(=O)O. The lowest BCUT2D eigenvalue weighted by atomic mass is 10.1. The van der Waals surface area contributed by atoms with Crippen LogP contribution in [0, 0.1) is 0 Å². The molecular formula is C36H72O6. The van der Waals surface area contributed by atoms with E-state index in [0.29, 0.717) is 19.3 Å². The smallest absolute Gasteiger partial charge is 0.303 e. The Bertz CT molecular complexity index is 473. The van der Waals surface area contributed by atoms with Gasteiger partial charge in [0.25, 0.3) is 0 Å². The maximum absolute atomic E-state index is 10.2. The summed E-state index contributed by atoms with van der Waals surface area (Å²) in [5.74, 6) is -1.98. The van der Waals surface area contributed by atoms with Gasteiger partial charge in [0.05, 0.1) is 0 Å². The lowest BCUT2D eigenvalue weighted by molar-refractivity contribution is -0.138. The minimum atomic E-state index is -0.659. The molecule has 0 heterocycles. The third-order valence-electron chi connectivity index (χ3n) is 7.48. The fraction of sp³-hybridized carbons (Fsp3) is 0.917. The molecule has 6 heteroatoms. The second-order valence-corrected chi connectivity index (χ2v) is 11.9. The summed E-state index contributed by atoms with van der Waals surface area (Å²) in [6.45, 7) is 6.68. The number of hydrogen-bond acceptors (Lipinski definition) is 3. The Morgan fingerprint density at radius 2 is 0.429 bits per heavy atom. The van der Waals surface area contributed by atoms with Gasteiger partial charge in [-0.05, 0) is 19.3 Å². The van der Waals surface area contributed by atoms with E-state index in [1.54, 1.807) is 0 Å². The van der Waals surface area contributed by atoms with Crippen molar-refractivity contribution >= 4 is 17.9 Å². The third-order valence-corrected chi connectivity index (χ3v) is 7.48. The zero-order chi connectivity index (χ0) is 31.9. The van der Waals surface area contributed by atoms with Crippen LogP contribution in [0.15, 0.2) is 0 Å². The second-order valence-electron chi connectivity index (χ2n) is 11.9. The molecule has 0 aliphatic rings. The Balaban J connectivity index is -0.000000543. The topological polar surface area (TPSA) is 112 Å². The molecule has 0 aromatic carbocycles. The average molecular weight is 601 g/mol. The van der Waals surface area contributed by atoms with Crippen molar-refractivity contribution in [1.82, 2.24) is 0 Å². The van der Waals surface area contributed by atoms with Crippen molar-refractivity contribution in [2.24, 2.45) is 0 Å². The summed E-state index contributed by atoms with van der Waals surface area (Å²) >= 11 is 0. The number of unbranched alkanes of at least 4 members (excludes halogenated alkanes) is 24. The molecule has 42 heavy (non-hydrogen) atoms. The predicted octanol–water partition coefficient (Wildman–Crippen LogP) is 12.0. The number of carboxylic acid groups (broad SMARTS) is 3. The van der Waals surface area contributed by atoms with E-state index < -0.39 is 17.9 Å². The van der Waals surface area contributed by atoms with Gasteiger partial charge in [0.1, 0.15) is 0 Å². The first-order valence-electron chi connectivity index (χ1n) is 18.0. The molecule has 0 amide bonds. The molecule has 0 radical (unpaired) electrons. The summed E-state index contributed by atoms with van der Waals surface area (Å²) in [6.07, 6.45) is 34.4. The van der Waals surface area contributed by atoms with E-state index in [1.807, 2.05) is 0 Å². The zero-order valence-corrected chi connectivity index (χ0v) is 28.3. The van der Waals surface area contributed by atoms with Gasteiger partial charge >= 0.3 is 17.9 Å². The summed E-state index contributed by atoms with van der Waals surface area (Å²) in [4.78, 5) is 30.6. The van der Waals surface area contributed by atoms with Crippen LogP contribution in [0.2, 0.25) is 0 Å². The molecule has 0 bridgehead atoms. The monoisotopic (exact) mass is 601 g/mol. The van der Waals surface area contributed by atoms with Gasteiger partial charge in [0.15, 0.2) is 0 Å². The van der Waals surface area contributed by atoms with E-state index in [2.05, 4.69) is 20.8 Å². The van der Waals surface area contributed by atoms with Crippen LogP contribution in [0.3, 0.4) is 0 Å². The quantitative estimate of drug-likeness (QED) is 0.0707. The van der Waals surface area contributed by atoms with Crippen LogP contribution < -0.4 is 0 Å². The van der Waals surface area contributed by atoms with E-state index in [-0.39, 0.29) is 0 Å². The minimum absolute atomic E-state index is 0.343. The molecule has 0 spiro atoms. The Morgan fingerprint density at radius 1 is 0.286 bits per heavy atom. The highest BCUT2D eigenvalue weighted by atomic mass is 16.4. The van der Waals surface area contributed by atoms with E-state index in [9.17, 15) is 14.4 Å². The van der Waals surface area contributed by atoms with Gasteiger partial charge in [-0.3, -0.25) is 14.4 Å². The Labute approximate surface area is 260 Å². The van der Waals surface area contributed by atoms with Crippen molar-refractivity contribution in [3.05, 3.63) is 0 Å². The second kappa shape index (κ2) is 41.5. The van der Waals surface area contributed by atoms with Gasteiger partial charge in [-0.2, -0.15) is 0 Å². The maximum atomic E-state index is 10.2. The molecular weight excluding hydrogens is 528 g/mol. The fourth-order valence-corrected chi connectivity index (χ4v) is 4.76. The Morgan fingerprint density at radius 3 is 0.571 bits per heavy atom. The van der Waals surface area contributed by atoms with E-state index in [4.69, 9.17) is 15.3 Å². The van der Waals surface area contributed by atoms with Gasteiger partial charge in [0, 0.05) is 19.3 Å². The number of hydrogen-bond donors (Lipinski definition) is 3. The average Bonchev–Trinajstić information content (AvgIpc) is 2.95. The molecule has 0 atom stereocenters. The third kappa shape index (κ3) is 54.5. The van der Waals surface area contributed by atoms with Crippen LogP contribution in [0.4, 0.5) is 0 Å². The first kappa shape index (κ1) is 44.8. The largest absolute Gasteiger partial charge is 0.481 e. The van der Waals surface area contributed by atoms with Crippen molar-refractivity contribution in [3.8, 4) is 0 Å². The summed E-state index contributed by atoms with van der Waals surface area (Å²) in [5, 5.41) is 25.2. The van der Waals surface area contributed by atoms with Gasteiger partial charge in [-0.15, -0.1) is 0 Å². The standard InChI is InChI=1S/3C12H24O2/c3*1-2-3-4-5-6-7-8-9-10-11-12(13)14/h3*2-11H2,1H3,(H,13,14). The van der Waals surface area contributed by atoms with Crippen LogP contribution in [0.25, 0.3) is 0 Å². The van der Waals surface area contributed by atoms with Crippen LogP contribution in [-0.4, -0.2) is 33.2 Å². The summed E-state index contributed by atoms with van der Waals surface area (Å²) < 4.78 is 0. The number of rotatable bonds is 30. The Hall–Kier alpha value is -1.59. The Kier molecular flexibility index (Phi) is 44.4.